The van der Waals surface area contributed by atoms with Gasteiger partial charge in [-0.2, -0.15) is 0 Å². The number of benzene rings is 1. The third-order valence-electron chi connectivity index (χ3n) is 4.14. The standard InChI is InChI=1S/C21H20N4O5/c1-12-4-3-5-15(23-12)18(26)24-14-8-6-13(7-9-14)16-10-11-17(30-16)19(27)25-21(29)20(28)22-2/h3-11,21,29H,1-2H3,(H,22,28)(H,24,26)(H,25,27)/t21-/m0/s1. The van der Waals surface area contributed by atoms with Gasteiger partial charge in [-0.05, 0) is 55.5 Å². The number of likely N-dealkylation sites (N-methyl/N-ethyl adjacent to an activating group) is 1. The molecule has 3 aromatic rings. The second-order valence-corrected chi connectivity index (χ2v) is 6.35. The summed E-state index contributed by atoms with van der Waals surface area (Å²) in [5.41, 5.74) is 2.32. The van der Waals surface area contributed by atoms with Crippen LogP contribution in [-0.2, 0) is 4.79 Å². The van der Waals surface area contributed by atoms with Gasteiger partial charge < -0.3 is 25.5 Å². The summed E-state index contributed by atoms with van der Waals surface area (Å²) in [5.74, 6) is -1.44. The van der Waals surface area contributed by atoms with Crippen molar-refractivity contribution >= 4 is 23.4 Å². The molecule has 9 heteroatoms. The van der Waals surface area contributed by atoms with Gasteiger partial charge in [-0.25, -0.2) is 4.98 Å². The SMILES string of the molecule is CNC(=O)[C@H](O)NC(=O)c1ccc(-c2ccc(NC(=O)c3cccc(C)n3)cc2)o1. The van der Waals surface area contributed by atoms with Crippen LogP contribution in [0, 0.1) is 6.92 Å². The highest BCUT2D eigenvalue weighted by Crippen LogP contribution is 2.24. The van der Waals surface area contributed by atoms with Gasteiger partial charge in [0.05, 0.1) is 0 Å². The molecule has 1 aromatic carbocycles. The first-order valence-corrected chi connectivity index (χ1v) is 9.03. The molecule has 0 unspecified atom stereocenters. The number of pyridine rings is 1. The number of aromatic nitrogens is 1. The van der Waals surface area contributed by atoms with E-state index in [4.69, 9.17) is 4.42 Å². The van der Waals surface area contributed by atoms with Gasteiger partial charge in [0.2, 0.25) is 6.23 Å². The zero-order valence-corrected chi connectivity index (χ0v) is 16.3. The van der Waals surface area contributed by atoms with Gasteiger partial charge in [0.1, 0.15) is 11.5 Å². The van der Waals surface area contributed by atoms with Crippen LogP contribution in [0.4, 0.5) is 5.69 Å². The number of aliphatic hydroxyl groups is 1. The minimum Gasteiger partial charge on any atom is -0.451 e. The van der Waals surface area contributed by atoms with Crippen LogP contribution in [0.1, 0.15) is 26.7 Å². The van der Waals surface area contributed by atoms with E-state index >= 15 is 0 Å². The van der Waals surface area contributed by atoms with Crippen molar-refractivity contribution in [2.75, 3.05) is 12.4 Å². The van der Waals surface area contributed by atoms with E-state index in [0.29, 0.717) is 22.7 Å². The molecule has 0 saturated heterocycles. The van der Waals surface area contributed by atoms with Crippen LogP contribution in [0.25, 0.3) is 11.3 Å². The monoisotopic (exact) mass is 408 g/mol. The number of amides is 3. The summed E-state index contributed by atoms with van der Waals surface area (Å²) in [4.78, 5) is 39.8. The van der Waals surface area contributed by atoms with Crippen molar-refractivity contribution in [3.05, 3.63) is 71.7 Å². The zero-order valence-electron chi connectivity index (χ0n) is 16.3. The Labute approximate surface area is 172 Å². The number of anilines is 1. The highest BCUT2D eigenvalue weighted by Gasteiger charge is 2.19. The van der Waals surface area contributed by atoms with Crippen LogP contribution >= 0.6 is 0 Å². The average Bonchev–Trinajstić information content (AvgIpc) is 3.24. The molecule has 30 heavy (non-hydrogen) atoms. The Kier molecular flexibility index (Phi) is 6.23. The molecule has 3 amide bonds. The summed E-state index contributed by atoms with van der Waals surface area (Å²) in [6.07, 6.45) is -1.68. The lowest BCUT2D eigenvalue weighted by Crippen LogP contribution is -2.45. The van der Waals surface area contributed by atoms with Crippen molar-refractivity contribution in [1.29, 1.82) is 0 Å². The molecule has 2 heterocycles. The molecule has 1 atom stereocenters. The van der Waals surface area contributed by atoms with Gasteiger partial charge in [0.15, 0.2) is 5.76 Å². The smallest absolute Gasteiger partial charge is 0.289 e. The molecule has 0 radical (unpaired) electrons. The molecule has 4 N–H and O–H groups in total. The normalized spacial score (nSPS) is 11.4. The van der Waals surface area contributed by atoms with Gasteiger partial charge in [0.25, 0.3) is 17.7 Å². The first kappa shape index (κ1) is 20.7. The number of rotatable bonds is 6. The summed E-state index contributed by atoms with van der Waals surface area (Å²) in [5, 5.41) is 16.6. The van der Waals surface area contributed by atoms with Crippen LogP contribution < -0.4 is 16.0 Å². The van der Waals surface area contributed by atoms with Crippen molar-refractivity contribution in [2.45, 2.75) is 13.2 Å². The summed E-state index contributed by atoms with van der Waals surface area (Å²) < 4.78 is 5.50. The van der Waals surface area contributed by atoms with E-state index < -0.39 is 18.0 Å². The molecule has 2 aromatic heterocycles. The third kappa shape index (κ3) is 4.89. The van der Waals surface area contributed by atoms with E-state index in [9.17, 15) is 19.5 Å². The molecule has 0 bridgehead atoms. The fourth-order valence-electron chi connectivity index (χ4n) is 2.60. The van der Waals surface area contributed by atoms with Crippen LogP contribution in [-0.4, -0.2) is 41.1 Å². The van der Waals surface area contributed by atoms with Crippen molar-refractivity contribution in [3.63, 3.8) is 0 Å². The largest absolute Gasteiger partial charge is 0.451 e. The zero-order chi connectivity index (χ0) is 21.7. The molecular weight excluding hydrogens is 388 g/mol. The predicted octanol–water partition coefficient (Wildman–Crippen LogP) is 1.70. The van der Waals surface area contributed by atoms with E-state index in [-0.39, 0.29) is 11.7 Å². The van der Waals surface area contributed by atoms with Crippen LogP contribution in [0.2, 0.25) is 0 Å². The predicted molar refractivity (Wildman–Crippen MR) is 109 cm³/mol. The Bertz CT molecular complexity index is 1080. The van der Waals surface area contributed by atoms with Crippen molar-refractivity contribution < 1.29 is 23.9 Å². The quantitative estimate of drug-likeness (QED) is 0.459. The van der Waals surface area contributed by atoms with E-state index in [1.807, 2.05) is 13.0 Å². The highest BCUT2D eigenvalue weighted by atomic mass is 16.4. The number of carbonyl (C=O) groups is 3. The van der Waals surface area contributed by atoms with Gasteiger partial charge in [-0.15, -0.1) is 0 Å². The Balaban J connectivity index is 1.66. The van der Waals surface area contributed by atoms with Crippen LogP contribution in [0.5, 0.6) is 0 Å². The van der Waals surface area contributed by atoms with Gasteiger partial charge in [0, 0.05) is 24.0 Å². The number of hydrogen-bond acceptors (Lipinski definition) is 6. The van der Waals surface area contributed by atoms with Crippen LogP contribution in [0.15, 0.2) is 59.0 Å². The number of furan rings is 1. The maximum absolute atomic E-state index is 12.3. The maximum Gasteiger partial charge on any atom is 0.289 e. The molecule has 0 spiro atoms. The topological polar surface area (TPSA) is 134 Å². The number of nitrogens with one attached hydrogen (secondary N) is 3. The lowest BCUT2D eigenvalue weighted by atomic mass is 10.1. The molecule has 3 rings (SSSR count). The fraction of sp³-hybridized carbons (Fsp3) is 0.143. The molecular formula is C21H20N4O5. The number of carbonyl (C=O) groups excluding carboxylic acids is 3. The van der Waals surface area contributed by atoms with Gasteiger partial charge in [-0.3, -0.25) is 14.4 Å². The summed E-state index contributed by atoms with van der Waals surface area (Å²) >= 11 is 0. The lowest BCUT2D eigenvalue weighted by Gasteiger charge is -2.09. The summed E-state index contributed by atoms with van der Waals surface area (Å²) in [7, 11) is 1.34. The number of nitrogens with zero attached hydrogens (tertiary/aromatic N) is 1. The Morgan fingerprint density at radius 1 is 1.00 bits per heavy atom. The fourth-order valence-corrected chi connectivity index (χ4v) is 2.60. The molecule has 0 aliphatic carbocycles. The van der Waals surface area contributed by atoms with Crippen molar-refractivity contribution in [1.82, 2.24) is 15.6 Å². The van der Waals surface area contributed by atoms with E-state index in [1.165, 1.54) is 13.1 Å². The van der Waals surface area contributed by atoms with Gasteiger partial charge in [-0.1, -0.05) is 6.07 Å². The van der Waals surface area contributed by atoms with Crippen molar-refractivity contribution in [3.8, 4) is 11.3 Å². The summed E-state index contributed by atoms with van der Waals surface area (Å²) in [6, 6.07) is 15.1. The number of hydrogen-bond donors (Lipinski definition) is 4. The molecule has 0 aliphatic heterocycles. The molecule has 154 valence electrons. The Morgan fingerprint density at radius 2 is 1.73 bits per heavy atom. The third-order valence-corrected chi connectivity index (χ3v) is 4.14. The Hall–Kier alpha value is -3.98. The van der Waals surface area contributed by atoms with E-state index in [0.717, 1.165) is 5.69 Å². The summed E-state index contributed by atoms with van der Waals surface area (Å²) in [6.45, 7) is 1.81. The molecule has 0 fully saturated rings. The first-order valence-electron chi connectivity index (χ1n) is 9.03. The molecule has 9 nitrogen and oxygen atoms in total. The molecule has 0 saturated carbocycles. The second-order valence-electron chi connectivity index (χ2n) is 6.35. The maximum atomic E-state index is 12.3. The van der Waals surface area contributed by atoms with Crippen molar-refractivity contribution in [2.24, 2.45) is 0 Å². The lowest BCUT2D eigenvalue weighted by molar-refractivity contribution is -0.129. The number of aliphatic hydroxyl groups excluding tert-OH is 1. The average molecular weight is 408 g/mol. The first-order chi connectivity index (χ1) is 14.4. The molecule has 0 aliphatic rings. The minimum absolute atomic E-state index is 0.0594. The number of aryl methyl sites for hydroxylation is 1. The Morgan fingerprint density at radius 3 is 2.40 bits per heavy atom. The van der Waals surface area contributed by atoms with E-state index in [1.54, 1.807) is 42.5 Å². The minimum atomic E-state index is -1.68. The highest BCUT2D eigenvalue weighted by molar-refractivity contribution is 6.03. The van der Waals surface area contributed by atoms with Crippen LogP contribution in [0.3, 0.4) is 0 Å². The van der Waals surface area contributed by atoms with E-state index in [2.05, 4.69) is 20.9 Å². The second kappa shape index (κ2) is 9.01. The van der Waals surface area contributed by atoms with Gasteiger partial charge >= 0.3 is 0 Å².